The zero-order valence-corrected chi connectivity index (χ0v) is 14.6. The number of rotatable bonds is 10. The number of hydrogen-bond donors (Lipinski definition) is 2. The van der Waals surface area contributed by atoms with Gasteiger partial charge in [0.2, 0.25) is 0 Å². The minimum atomic E-state index is -0.0614. The Morgan fingerprint density at radius 2 is 1.91 bits per heavy atom. The Labute approximate surface area is 139 Å². The molecule has 1 atom stereocenters. The van der Waals surface area contributed by atoms with Crippen LogP contribution in [0.15, 0.2) is 29.3 Å². The second-order valence-electron chi connectivity index (χ2n) is 4.92. The van der Waals surface area contributed by atoms with E-state index in [1.54, 1.807) is 7.11 Å². The standard InChI is InChI=1S/C17H29N3O3/c1-5-18-17(19-11-12-22-6-2)20-13-14(3)23-16-10-8-7-9-15(16)21-4/h7-10,14H,5-6,11-13H2,1-4H3,(H2,18,19,20). The first-order valence-corrected chi connectivity index (χ1v) is 8.10. The van der Waals surface area contributed by atoms with Gasteiger partial charge in [-0.2, -0.15) is 0 Å². The fourth-order valence-corrected chi connectivity index (χ4v) is 1.92. The molecule has 0 fully saturated rings. The van der Waals surface area contributed by atoms with E-state index in [0.717, 1.165) is 37.2 Å². The van der Waals surface area contributed by atoms with Crippen molar-refractivity contribution < 1.29 is 14.2 Å². The maximum atomic E-state index is 5.90. The van der Waals surface area contributed by atoms with Gasteiger partial charge < -0.3 is 24.8 Å². The van der Waals surface area contributed by atoms with E-state index in [4.69, 9.17) is 14.2 Å². The van der Waals surface area contributed by atoms with Gasteiger partial charge in [-0.05, 0) is 32.9 Å². The molecular weight excluding hydrogens is 294 g/mol. The normalized spacial score (nSPS) is 12.6. The maximum absolute atomic E-state index is 5.90. The summed E-state index contributed by atoms with van der Waals surface area (Å²) in [6.45, 7) is 9.46. The van der Waals surface area contributed by atoms with Gasteiger partial charge in [0.05, 0.1) is 20.3 Å². The van der Waals surface area contributed by atoms with E-state index in [2.05, 4.69) is 15.6 Å². The van der Waals surface area contributed by atoms with Crippen molar-refractivity contribution in [3.05, 3.63) is 24.3 Å². The summed E-state index contributed by atoms with van der Waals surface area (Å²) in [7, 11) is 1.64. The van der Waals surface area contributed by atoms with Crippen LogP contribution in [0.25, 0.3) is 0 Å². The summed E-state index contributed by atoms with van der Waals surface area (Å²) in [4.78, 5) is 4.54. The Bertz CT molecular complexity index is 466. The predicted octanol–water partition coefficient (Wildman–Crippen LogP) is 2.05. The molecule has 0 aliphatic carbocycles. The number of aliphatic imine (C=N–C) groups is 1. The lowest BCUT2D eigenvalue weighted by molar-refractivity contribution is 0.152. The number of nitrogens with one attached hydrogen (secondary N) is 2. The van der Waals surface area contributed by atoms with Crippen LogP contribution in [-0.2, 0) is 4.74 Å². The number of ether oxygens (including phenoxy) is 3. The van der Waals surface area contributed by atoms with Crippen molar-refractivity contribution in [3.63, 3.8) is 0 Å². The average Bonchev–Trinajstić information content (AvgIpc) is 2.57. The minimum absolute atomic E-state index is 0.0614. The Balaban J connectivity index is 2.50. The highest BCUT2D eigenvalue weighted by Crippen LogP contribution is 2.26. The molecule has 0 spiro atoms. The second-order valence-corrected chi connectivity index (χ2v) is 4.92. The number of hydrogen-bond acceptors (Lipinski definition) is 4. The molecule has 130 valence electrons. The van der Waals surface area contributed by atoms with Crippen LogP contribution >= 0.6 is 0 Å². The van der Waals surface area contributed by atoms with Gasteiger partial charge in [0, 0.05) is 19.7 Å². The minimum Gasteiger partial charge on any atom is -0.493 e. The van der Waals surface area contributed by atoms with Crippen LogP contribution < -0.4 is 20.1 Å². The van der Waals surface area contributed by atoms with E-state index in [1.807, 2.05) is 45.0 Å². The zero-order chi connectivity index (χ0) is 16.9. The summed E-state index contributed by atoms with van der Waals surface area (Å²) in [6, 6.07) is 7.61. The van der Waals surface area contributed by atoms with E-state index >= 15 is 0 Å². The first kappa shape index (κ1) is 19.1. The van der Waals surface area contributed by atoms with Crippen LogP contribution in [0.4, 0.5) is 0 Å². The summed E-state index contributed by atoms with van der Waals surface area (Å²) in [5.74, 6) is 2.22. The second kappa shape index (κ2) is 11.6. The molecule has 1 aromatic rings. The Morgan fingerprint density at radius 1 is 1.17 bits per heavy atom. The van der Waals surface area contributed by atoms with Gasteiger partial charge in [0.25, 0.3) is 0 Å². The predicted molar refractivity (Wildman–Crippen MR) is 93.6 cm³/mol. The zero-order valence-electron chi connectivity index (χ0n) is 14.6. The van der Waals surface area contributed by atoms with Crippen molar-refractivity contribution >= 4 is 5.96 Å². The maximum Gasteiger partial charge on any atom is 0.191 e. The highest BCUT2D eigenvalue weighted by molar-refractivity contribution is 5.79. The van der Waals surface area contributed by atoms with Gasteiger partial charge in [0.15, 0.2) is 17.5 Å². The quantitative estimate of drug-likeness (QED) is 0.392. The van der Waals surface area contributed by atoms with Gasteiger partial charge in [-0.25, -0.2) is 4.99 Å². The van der Waals surface area contributed by atoms with E-state index in [-0.39, 0.29) is 6.10 Å². The molecule has 1 unspecified atom stereocenters. The number of para-hydroxylation sites is 2. The molecule has 0 aliphatic rings. The third-order valence-electron chi connectivity index (χ3n) is 2.99. The molecule has 0 heterocycles. The molecule has 23 heavy (non-hydrogen) atoms. The molecule has 2 N–H and O–H groups in total. The van der Waals surface area contributed by atoms with Crippen molar-refractivity contribution in [2.24, 2.45) is 4.99 Å². The first-order chi connectivity index (χ1) is 11.2. The third kappa shape index (κ3) is 7.74. The smallest absolute Gasteiger partial charge is 0.191 e. The third-order valence-corrected chi connectivity index (χ3v) is 2.99. The SMILES string of the molecule is CCNC(=NCC(C)Oc1ccccc1OC)NCCOCC. The van der Waals surface area contributed by atoms with E-state index in [1.165, 1.54) is 0 Å². The molecule has 0 aromatic heterocycles. The van der Waals surface area contributed by atoms with Gasteiger partial charge in [-0.15, -0.1) is 0 Å². The molecule has 0 aliphatic heterocycles. The number of nitrogens with zero attached hydrogens (tertiary/aromatic N) is 1. The monoisotopic (exact) mass is 323 g/mol. The van der Waals surface area contributed by atoms with Crippen LogP contribution in [0.3, 0.4) is 0 Å². The summed E-state index contributed by atoms with van der Waals surface area (Å²) in [6.07, 6.45) is -0.0614. The molecular formula is C17H29N3O3. The molecule has 1 aromatic carbocycles. The molecule has 0 saturated carbocycles. The van der Waals surface area contributed by atoms with Gasteiger partial charge in [-0.3, -0.25) is 0 Å². The molecule has 0 bridgehead atoms. The number of methoxy groups -OCH3 is 1. The fraction of sp³-hybridized carbons (Fsp3) is 0.588. The van der Waals surface area contributed by atoms with Gasteiger partial charge >= 0.3 is 0 Å². The van der Waals surface area contributed by atoms with Gasteiger partial charge in [-0.1, -0.05) is 12.1 Å². The van der Waals surface area contributed by atoms with Crippen molar-refractivity contribution in [1.29, 1.82) is 0 Å². The molecule has 0 amide bonds. The fourth-order valence-electron chi connectivity index (χ4n) is 1.92. The van der Waals surface area contributed by atoms with Crippen LogP contribution in [0.5, 0.6) is 11.5 Å². The molecule has 6 heteroatoms. The van der Waals surface area contributed by atoms with E-state index in [9.17, 15) is 0 Å². The topological polar surface area (TPSA) is 64.1 Å². The molecule has 0 radical (unpaired) electrons. The Hall–Kier alpha value is -1.95. The van der Waals surface area contributed by atoms with Crippen LogP contribution in [0.2, 0.25) is 0 Å². The lowest BCUT2D eigenvalue weighted by Crippen LogP contribution is -2.39. The molecule has 1 rings (SSSR count). The van der Waals surface area contributed by atoms with Crippen molar-refractivity contribution in [1.82, 2.24) is 10.6 Å². The van der Waals surface area contributed by atoms with Crippen LogP contribution in [0, 0.1) is 0 Å². The Kier molecular flexibility index (Phi) is 9.63. The van der Waals surface area contributed by atoms with Crippen LogP contribution in [-0.4, -0.2) is 52.0 Å². The van der Waals surface area contributed by atoms with Crippen molar-refractivity contribution in [2.75, 3.05) is 40.0 Å². The average molecular weight is 323 g/mol. The summed E-state index contributed by atoms with van der Waals surface area (Å²) < 4.78 is 16.5. The van der Waals surface area contributed by atoms with Gasteiger partial charge in [0.1, 0.15) is 6.10 Å². The highest BCUT2D eigenvalue weighted by atomic mass is 16.5. The Morgan fingerprint density at radius 3 is 2.57 bits per heavy atom. The largest absolute Gasteiger partial charge is 0.493 e. The number of benzene rings is 1. The van der Waals surface area contributed by atoms with Crippen LogP contribution in [0.1, 0.15) is 20.8 Å². The van der Waals surface area contributed by atoms with Crippen molar-refractivity contribution in [2.45, 2.75) is 26.9 Å². The first-order valence-electron chi connectivity index (χ1n) is 8.10. The summed E-state index contributed by atoms with van der Waals surface area (Å²) in [5, 5.41) is 6.44. The number of guanidine groups is 1. The summed E-state index contributed by atoms with van der Waals surface area (Å²) >= 11 is 0. The highest BCUT2D eigenvalue weighted by Gasteiger charge is 2.08. The van der Waals surface area contributed by atoms with E-state index < -0.39 is 0 Å². The lowest BCUT2D eigenvalue weighted by atomic mass is 10.3. The lowest BCUT2D eigenvalue weighted by Gasteiger charge is -2.16. The molecule has 6 nitrogen and oxygen atoms in total. The summed E-state index contributed by atoms with van der Waals surface area (Å²) in [5.41, 5.74) is 0. The van der Waals surface area contributed by atoms with Crippen molar-refractivity contribution in [3.8, 4) is 11.5 Å². The molecule has 0 saturated heterocycles. The van der Waals surface area contributed by atoms with E-state index in [0.29, 0.717) is 13.2 Å².